The summed E-state index contributed by atoms with van der Waals surface area (Å²) in [6.07, 6.45) is 4.21. The van der Waals surface area contributed by atoms with Crippen LogP contribution in [0.1, 0.15) is 91.2 Å². The van der Waals surface area contributed by atoms with Crippen LogP contribution in [-0.4, -0.2) is 102 Å². The second-order valence-electron chi connectivity index (χ2n) is 16.6. The van der Waals surface area contributed by atoms with Gasteiger partial charge in [-0.15, -0.1) is 0 Å². The van der Waals surface area contributed by atoms with Gasteiger partial charge in [0, 0.05) is 20.6 Å². The number of Topliss-reactive ketones (excluding diaryl/α,β-unsaturated/α-hetero) is 1. The quantitative estimate of drug-likeness (QED) is 0.237. The Morgan fingerprint density at radius 2 is 1.58 bits per heavy atom. The molecule has 3 saturated carbocycles. The van der Waals surface area contributed by atoms with Crippen LogP contribution in [0, 0.1) is 23.2 Å². The van der Waals surface area contributed by atoms with E-state index in [0.717, 1.165) is 32.1 Å². The van der Waals surface area contributed by atoms with E-state index in [9.17, 15) is 33.6 Å². The molecule has 0 radical (unpaired) electrons. The van der Waals surface area contributed by atoms with E-state index in [0.29, 0.717) is 12.1 Å². The summed E-state index contributed by atoms with van der Waals surface area (Å²) >= 11 is 0. The molecule has 0 spiro atoms. The molecule has 4 N–H and O–H groups in total. The van der Waals surface area contributed by atoms with Crippen LogP contribution < -0.4 is 21.3 Å². The van der Waals surface area contributed by atoms with Crippen molar-refractivity contribution in [1.82, 2.24) is 31.1 Å². The van der Waals surface area contributed by atoms with E-state index < -0.39 is 65.4 Å². The van der Waals surface area contributed by atoms with Crippen molar-refractivity contribution in [2.24, 2.45) is 23.2 Å². The zero-order valence-corrected chi connectivity index (χ0v) is 31.4. The number of ether oxygens (including phenoxy) is 1. The summed E-state index contributed by atoms with van der Waals surface area (Å²) in [6, 6.07) is 5.92. The fourth-order valence-electron chi connectivity index (χ4n) is 7.98. The Morgan fingerprint density at radius 3 is 2.15 bits per heavy atom. The number of likely N-dealkylation sites (tertiary alicyclic amines) is 1. The van der Waals surface area contributed by atoms with Gasteiger partial charge in [0.15, 0.2) is 0 Å². The van der Waals surface area contributed by atoms with Gasteiger partial charge < -0.3 is 35.8 Å². The molecular weight excluding hydrogens is 668 g/mol. The van der Waals surface area contributed by atoms with E-state index in [1.807, 2.05) is 13.8 Å². The molecule has 0 bridgehead atoms. The van der Waals surface area contributed by atoms with Crippen molar-refractivity contribution in [2.45, 2.75) is 109 Å². The lowest BCUT2D eigenvalue weighted by molar-refractivity contribution is -0.145. The maximum absolute atomic E-state index is 14.3. The lowest BCUT2D eigenvalue weighted by Crippen LogP contribution is -2.60. The maximum Gasteiger partial charge on any atom is 0.408 e. The highest BCUT2D eigenvalue weighted by molar-refractivity contribution is 6.41. The van der Waals surface area contributed by atoms with Crippen LogP contribution >= 0.6 is 0 Å². The van der Waals surface area contributed by atoms with E-state index in [2.05, 4.69) is 21.3 Å². The molecule has 0 aromatic heterocycles. The molecule has 1 aromatic carbocycles. The topological polar surface area (TPSA) is 183 Å². The minimum absolute atomic E-state index is 0.0625. The predicted molar refractivity (Wildman–Crippen MR) is 190 cm³/mol. The number of ketones is 1. The molecule has 1 heterocycles. The summed E-state index contributed by atoms with van der Waals surface area (Å²) < 4.78 is 5.51. The number of benzene rings is 1. The minimum Gasteiger partial charge on any atom is -0.444 e. The van der Waals surface area contributed by atoms with E-state index in [4.69, 9.17) is 4.74 Å². The molecule has 0 unspecified atom stereocenters. The Kier molecular flexibility index (Phi) is 11.1. The first-order chi connectivity index (χ1) is 24.4. The van der Waals surface area contributed by atoms with Crippen LogP contribution in [0.5, 0.6) is 0 Å². The highest BCUT2D eigenvalue weighted by Crippen LogP contribution is 2.65. The summed E-state index contributed by atoms with van der Waals surface area (Å²) in [5.74, 6) is -4.02. The first-order valence-electron chi connectivity index (χ1n) is 18.4. The molecular formula is C38H54N6O8. The number of nitrogens with one attached hydrogen (secondary N) is 4. The van der Waals surface area contributed by atoms with Gasteiger partial charge in [-0.1, -0.05) is 63.4 Å². The lowest BCUT2D eigenvalue weighted by Gasteiger charge is -2.37. The van der Waals surface area contributed by atoms with E-state index in [-0.39, 0.29) is 47.8 Å². The molecule has 4 fully saturated rings. The Balaban J connectivity index is 1.25. The molecule has 5 atom stereocenters. The molecule has 1 aromatic rings. The monoisotopic (exact) mass is 722 g/mol. The largest absolute Gasteiger partial charge is 0.444 e. The Hall–Kier alpha value is -4.49. The highest BCUT2D eigenvalue weighted by atomic mass is 16.6. The predicted octanol–water partition coefficient (Wildman–Crippen LogP) is 2.22. The number of rotatable bonds is 12. The Labute approximate surface area is 305 Å². The highest BCUT2D eigenvalue weighted by Gasteiger charge is 2.70. The second-order valence-corrected chi connectivity index (χ2v) is 16.6. The van der Waals surface area contributed by atoms with E-state index in [1.54, 1.807) is 70.1 Å². The second kappa shape index (κ2) is 14.9. The third-order valence-corrected chi connectivity index (χ3v) is 11.1. The van der Waals surface area contributed by atoms with Gasteiger partial charge in [0.2, 0.25) is 29.4 Å². The number of amides is 6. The normalized spacial score (nSPS) is 23.9. The third-order valence-electron chi connectivity index (χ3n) is 11.1. The number of nitrogens with zero attached hydrogens (tertiary/aromatic N) is 2. The van der Waals surface area contributed by atoms with Gasteiger partial charge in [0.05, 0.1) is 6.54 Å². The number of fused-ring (bicyclic) bond motifs is 1. The summed E-state index contributed by atoms with van der Waals surface area (Å²) in [5.41, 5.74) is -1.87. The van der Waals surface area contributed by atoms with Gasteiger partial charge in [-0.05, 0) is 75.2 Å². The van der Waals surface area contributed by atoms with Crippen LogP contribution in [-0.2, 0) is 33.5 Å². The first kappa shape index (κ1) is 38.7. The third kappa shape index (κ3) is 8.42. The van der Waals surface area contributed by atoms with E-state index in [1.165, 1.54) is 4.90 Å². The molecule has 3 aliphatic carbocycles. The smallest absolute Gasteiger partial charge is 0.408 e. The number of hydrogen-bond donors (Lipinski definition) is 4. The molecule has 5 rings (SSSR count). The molecule has 284 valence electrons. The SMILES string of the molecule is CN(C)C(=O)[C@@H](NC(=O)CNC(=O)C(=O)C1(NC(=O)[C@@H]2[C@@H]3[C@H](CN2C(=O)[C@@H](NC(=O)OC(C)(C)C)C2CCCCC2)C3(C)C)CC1)c1ccccc1. The number of piperidine rings is 1. The molecule has 14 heteroatoms. The van der Waals surface area contributed by atoms with Crippen LogP contribution in [0.25, 0.3) is 0 Å². The number of carbonyl (C=O) groups is 7. The van der Waals surface area contributed by atoms with Crippen molar-refractivity contribution >= 4 is 41.4 Å². The van der Waals surface area contributed by atoms with Crippen molar-refractivity contribution in [2.75, 3.05) is 27.2 Å². The first-order valence-corrected chi connectivity index (χ1v) is 18.4. The Morgan fingerprint density at radius 1 is 0.942 bits per heavy atom. The van der Waals surface area contributed by atoms with Crippen LogP contribution in [0.3, 0.4) is 0 Å². The summed E-state index contributed by atoms with van der Waals surface area (Å²) in [5, 5.41) is 10.6. The summed E-state index contributed by atoms with van der Waals surface area (Å²) in [4.78, 5) is 96.5. The average molecular weight is 723 g/mol. The van der Waals surface area contributed by atoms with Gasteiger partial charge in [-0.25, -0.2) is 4.79 Å². The molecule has 1 saturated heterocycles. The fourth-order valence-corrected chi connectivity index (χ4v) is 7.98. The van der Waals surface area contributed by atoms with Gasteiger partial charge in [0.1, 0.15) is 29.3 Å². The molecule has 6 amide bonds. The number of hydrogen-bond acceptors (Lipinski definition) is 8. The van der Waals surface area contributed by atoms with Crippen molar-refractivity contribution in [3.8, 4) is 0 Å². The van der Waals surface area contributed by atoms with Crippen molar-refractivity contribution < 1.29 is 38.3 Å². The lowest BCUT2D eigenvalue weighted by atomic mass is 9.83. The molecule has 4 aliphatic rings. The zero-order valence-electron chi connectivity index (χ0n) is 31.4. The van der Waals surface area contributed by atoms with Gasteiger partial charge in [0.25, 0.3) is 5.91 Å². The standard InChI is InChI=1S/C38H54N6O8/c1-36(2,3)52-35(51)41-28(23-16-12-9-13-17-23)34(50)44-21-24-26(37(24,4)5)29(44)31(47)42-38(18-19-38)30(46)32(48)39-20-25(45)40-27(33(49)43(6)7)22-14-10-8-11-15-22/h8,10-11,14-15,23-24,26-29H,9,12-13,16-21H2,1-7H3,(H,39,48)(H,40,45)(H,41,51)(H,42,47)/t24-,26-,27-,28-,29-/m0/s1. The van der Waals surface area contributed by atoms with Crippen molar-refractivity contribution in [3.05, 3.63) is 35.9 Å². The van der Waals surface area contributed by atoms with Crippen LogP contribution in [0.2, 0.25) is 0 Å². The number of carbonyl (C=O) groups excluding carboxylic acids is 7. The molecule has 52 heavy (non-hydrogen) atoms. The average Bonchev–Trinajstić information content (AvgIpc) is 3.91. The van der Waals surface area contributed by atoms with Gasteiger partial charge in [-0.2, -0.15) is 0 Å². The number of likely N-dealkylation sites (N-methyl/N-ethyl adjacent to an activating group) is 1. The van der Waals surface area contributed by atoms with Gasteiger partial charge in [-0.3, -0.25) is 28.8 Å². The van der Waals surface area contributed by atoms with Crippen molar-refractivity contribution in [3.63, 3.8) is 0 Å². The van der Waals surface area contributed by atoms with Crippen molar-refractivity contribution in [1.29, 1.82) is 0 Å². The maximum atomic E-state index is 14.3. The molecule has 14 nitrogen and oxygen atoms in total. The summed E-state index contributed by atoms with van der Waals surface area (Å²) in [7, 11) is 3.13. The van der Waals surface area contributed by atoms with E-state index >= 15 is 0 Å². The Bertz CT molecular complexity index is 1580. The zero-order chi connectivity index (χ0) is 38.2. The minimum atomic E-state index is -1.45. The molecule has 1 aliphatic heterocycles. The number of alkyl carbamates (subject to hydrolysis) is 1. The summed E-state index contributed by atoms with van der Waals surface area (Å²) in [6.45, 7) is 9.13. The fraction of sp³-hybridized carbons (Fsp3) is 0.658. The van der Waals surface area contributed by atoms with Crippen LogP contribution in [0.15, 0.2) is 30.3 Å². The van der Waals surface area contributed by atoms with Crippen LogP contribution in [0.4, 0.5) is 4.79 Å². The van der Waals surface area contributed by atoms with Gasteiger partial charge >= 0.3 is 6.09 Å².